The first kappa shape index (κ1) is 10.2. The van der Waals surface area contributed by atoms with Gasteiger partial charge in [-0.2, -0.15) is 0 Å². The Balaban J connectivity index is 4.22. The molecule has 0 unspecified atom stereocenters. The Hall–Kier alpha value is -0.840. The number of esters is 1. The summed E-state index contributed by atoms with van der Waals surface area (Å²) >= 11 is 0. The van der Waals surface area contributed by atoms with Gasteiger partial charge in [0.05, 0.1) is 12.9 Å². The average molecular weight is 178 g/mol. The number of hydrogen-bond acceptors (Lipinski definition) is 4. The number of methoxy groups -OCH3 is 1. The van der Waals surface area contributed by atoms with Crippen molar-refractivity contribution in [1.82, 2.24) is 0 Å². The number of rotatable bonds is 3. The lowest BCUT2D eigenvalue weighted by molar-refractivity contribution is -0.135. The van der Waals surface area contributed by atoms with Crippen LogP contribution in [-0.2, 0) is 19.4 Å². The van der Waals surface area contributed by atoms with Gasteiger partial charge >= 0.3 is 5.97 Å². The normalized spacial score (nSPS) is 10.7. The van der Waals surface area contributed by atoms with Crippen LogP contribution in [0.1, 0.15) is 0 Å². The van der Waals surface area contributed by atoms with E-state index in [-0.39, 0.29) is 11.3 Å². The molecule has 5 heteroatoms. The fourth-order valence-corrected chi connectivity index (χ4v) is 1.27. The van der Waals surface area contributed by atoms with Crippen LogP contribution in [0.4, 0.5) is 0 Å². The summed E-state index contributed by atoms with van der Waals surface area (Å²) in [7, 11) is -2.00. The lowest BCUT2D eigenvalue weighted by Gasteiger charge is -1.99. The SMILES string of the molecule is C=C(CS(C)(=O)=O)C(=O)OC. The van der Waals surface area contributed by atoms with Crippen molar-refractivity contribution in [3.8, 4) is 0 Å². The first-order valence-corrected chi connectivity index (χ1v) is 4.86. The molecule has 0 heterocycles. The second-order valence-corrected chi connectivity index (χ2v) is 4.31. The molecule has 0 N–H and O–H groups in total. The van der Waals surface area contributed by atoms with Gasteiger partial charge in [0.2, 0.25) is 0 Å². The van der Waals surface area contributed by atoms with Crippen molar-refractivity contribution in [2.24, 2.45) is 0 Å². The highest BCUT2D eigenvalue weighted by Crippen LogP contribution is 1.97. The molecule has 0 amide bonds. The molecule has 0 rings (SSSR count). The highest BCUT2D eigenvalue weighted by Gasteiger charge is 2.12. The topological polar surface area (TPSA) is 60.4 Å². The Bertz CT molecular complexity index is 262. The highest BCUT2D eigenvalue weighted by atomic mass is 32.2. The van der Waals surface area contributed by atoms with Crippen LogP contribution in [0.25, 0.3) is 0 Å². The predicted octanol–water partition coefficient (Wildman–Crippen LogP) is -0.240. The van der Waals surface area contributed by atoms with E-state index < -0.39 is 15.8 Å². The maximum Gasteiger partial charge on any atom is 0.334 e. The van der Waals surface area contributed by atoms with E-state index in [1.807, 2.05) is 0 Å². The molecule has 0 aromatic rings. The second kappa shape index (κ2) is 3.52. The molecular weight excluding hydrogens is 168 g/mol. The second-order valence-electron chi connectivity index (χ2n) is 2.17. The molecule has 0 saturated heterocycles. The molecule has 0 radical (unpaired) electrons. The van der Waals surface area contributed by atoms with Gasteiger partial charge in [-0.05, 0) is 0 Å². The molecule has 64 valence electrons. The standard InChI is InChI=1S/C6H10O4S/c1-5(6(7)10-2)4-11(3,8)9/h1,4H2,2-3H3. The highest BCUT2D eigenvalue weighted by molar-refractivity contribution is 7.90. The first-order chi connectivity index (χ1) is 4.87. The largest absolute Gasteiger partial charge is 0.466 e. The van der Waals surface area contributed by atoms with Crippen molar-refractivity contribution in [2.45, 2.75) is 0 Å². The Morgan fingerprint density at radius 1 is 1.55 bits per heavy atom. The molecule has 0 aliphatic rings. The molecule has 0 atom stereocenters. The van der Waals surface area contributed by atoms with Crippen molar-refractivity contribution in [2.75, 3.05) is 19.1 Å². The zero-order valence-corrected chi connectivity index (χ0v) is 7.27. The van der Waals surface area contributed by atoms with E-state index in [0.29, 0.717) is 0 Å². The van der Waals surface area contributed by atoms with Crippen LogP contribution in [0, 0.1) is 0 Å². The van der Waals surface area contributed by atoms with Crippen molar-refractivity contribution in [3.05, 3.63) is 12.2 Å². The molecule has 0 aliphatic heterocycles. The fraction of sp³-hybridized carbons (Fsp3) is 0.500. The smallest absolute Gasteiger partial charge is 0.334 e. The first-order valence-electron chi connectivity index (χ1n) is 2.80. The summed E-state index contributed by atoms with van der Waals surface area (Å²) in [5.74, 6) is -1.03. The van der Waals surface area contributed by atoms with Gasteiger partial charge in [0.25, 0.3) is 0 Å². The Kier molecular flexibility index (Phi) is 3.25. The monoisotopic (exact) mass is 178 g/mol. The van der Waals surface area contributed by atoms with Crippen LogP contribution in [-0.4, -0.2) is 33.5 Å². The van der Waals surface area contributed by atoms with Crippen LogP contribution >= 0.6 is 0 Å². The van der Waals surface area contributed by atoms with E-state index in [9.17, 15) is 13.2 Å². The number of ether oxygens (including phenoxy) is 1. The van der Waals surface area contributed by atoms with Gasteiger partial charge in [0, 0.05) is 11.8 Å². The molecule has 0 fully saturated rings. The van der Waals surface area contributed by atoms with Crippen molar-refractivity contribution >= 4 is 15.8 Å². The number of hydrogen-bond donors (Lipinski definition) is 0. The number of sulfone groups is 1. The van der Waals surface area contributed by atoms with Gasteiger partial charge in [0.1, 0.15) is 0 Å². The predicted molar refractivity (Wildman–Crippen MR) is 40.9 cm³/mol. The van der Waals surface area contributed by atoms with Crippen LogP contribution in [0.3, 0.4) is 0 Å². The Morgan fingerprint density at radius 2 is 2.00 bits per heavy atom. The van der Waals surface area contributed by atoms with Gasteiger partial charge in [-0.15, -0.1) is 0 Å². The molecular formula is C6H10O4S. The average Bonchev–Trinajstić information content (AvgIpc) is 1.82. The maximum absolute atomic E-state index is 10.6. The van der Waals surface area contributed by atoms with E-state index in [2.05, 4.69) is 11.3 Å². The third-order valence-electron chi connectivity index (χ3n) is 0.910. The van der Waals surface area contributed by atoms with Crippen LogP contribution in [0.15, 0.2) is 12.2 Å². The summed E-state index contributed by atoms with van der Waals surface area (Å²) in [5.41, 5.74) is -0.0463. The van der Waals surface area contributed by atoms with E-state index >= 15 is 0 Å². The molecule has 11 heavy (non-hydrogen) atoms. The minimum atomic E-state index is -3.18. The zero-order valence-electron chi connectivity index (χ0n) is 6.46. The Labute approximate surface area is 65.8 Å². The van der Waals surface area contributed by atoms with E-state index in [4.69, 9.17) is 0 Å². The van der Waals surface area contributed by atoms with Gasteiger partial charge in [0.15, 0.2) is 9.84 Å². The van der Waals surface area contributed by atoms with Gasteiger partial charge < -0.3 is 4.74 Å². The lowest BCUT2D eigenvalue weighted by Crippen LogP contribution is -2.13. The van der Waals surface area contributed by atoms with Gasteiger partial charge in [-0.3, -0.25) is 0 Å². The summed E-state index contributed by atoms with van der Waals surface area (Å²) in [5, 5.41) is 0. The molecule has 0 bridgehead atoms. The summed E-state index contributed by atoms with van der Waals surface area (Å²) < 4.78 is 25.4. The van der Waals surface area contributed by atoms with Crippen molar-refractivity contribution in [3.63, 3.8) is 0 Å². The maximum atomic E-state index is 10.6. The van der Waals surface area contributed by atoms with Gasteiger partial charge in [-0.25, -0.2) is 13.2 Å². The quantitative estimate of drug-likeness (QED) is 0.442. The third-order valence-corrected chi connectivity index (χ3v) is 1.78. The van der Waals surface area contributed by atoms with Gasteiger partial charge in [-0.1, -0.05) is 6.58 Å². The van der Waals surface area contributed by atoms with Crippen LogP contribution in [0.2, 0.25) is 0 Å². The molecule has 0 aliphatic carbocycles. The van der Waals surface area contributed by atoms with Crippen molar-refractivity contribution < 1.29 is 17.9 Å². The van der Waals surface area contributed by atoms with Crippen LogP contribution in [0.5, 0.6) is 0 Å². The van der Waals surface area contributed by atoms with E-state index in [0.717, 1.165) is 6.26 Å². The summed E-state index contributed by atoms with van der Waals surface area (Å²) in [6.45, 7) is 3.26. The van der Waals surface area contributed by atoms with Crippen molar-refractivity contribution in [1.29, 1.82) is 0 Å². The molecule has 0 aromatic heterocycles. The molecule has 0 spiro atoms. The summed E-state index contributed by atoms with van der Waals surface area (Å²) in [4.78, 5) is 10.6. The minimum Gasteiger partial charge on any atom is -0.466 e. The molecule has 0 aromatic carbocycles. The fourth-order valence-electron chi connectivity index (χ4n) is 0.520. The summed E-state index contributed by atoms with van der Waals surface area (Å²) in [6, 6.07) is 0. The number of carbonyl (C=O) groups is 1. The third kappa shape index (κ3) is 4.55. The minimum absolute atomic E-state index is 0.0463. The molecule has 0 saturated carbocycles. The van der Waals surface area contributed by atoms with E-state index in [1.165, 1.54) is 7.11 Å². The molecule has 4 nitrogen and oxygen atoms in total. The lowest BCUT2D eigenvalue weighted by atomic mass is 10.4. The van der Waals surface area contributed by atoms with Crippen LogP contribution < -0.4 is 0 Å². The zero-order chi connectivity index (χ0) is 9.07. The Morgan fingerprint density at radius 3 is 2.27 bits per heavy atom. The summed E-state index contributed by atoms with van der Waals surface area (Å²) in [6.07, 6.45) is 1.03. The van der Waals surface area contributed by atoms with E-state index in [1.54, 1.807) is 0 Å². The number of carbonyl (C=O) groups excluding carboxylic acids is 1.